The van der Waals surface area contributed by atoms with E-state index in [-0.39, 0.29) is 0 Å². The molecule has 0 saturated carbocycles. The number of hydrogen-bond donors (Lipinski definition) is 2. The van der Waals surface area contributed by atoms with Crippen LogP contribution in [-0.2, 0) is 4.74 Å². The predicted octanol–water partition coefficient (Wildman–Crippen LogP) is 4.46. The van der Waals surface area contributed by atoms with Gasteiger partial charge in [0.2, 0.25) is 5.95 Å². The Morgan fingerprint density at radius 2 is 1.77 bits per heavy atom. The third kappa shape index (κ3) is 3.65. The molecule has 0 aliphatic carbocycles. The quantitative estimate of drug-likeness (QED) is 0.495. The Labute approximate surface area is 175 Å². The number of anilines is 4. The second-order valence-electron chi connectivity index (χ2n) is 7.30. The van der Waals surface area contributed by atoms with Gasteiger partial charge >= 0.3 is 0 Å². The molecular weight excluding hydrogens is 374 g/mol. The second-order valence-corrected chi connectivity index (χ2v) is 7.30. The number of benzene rings is 3. The molecule has 3 N–H and O–H groups in total. The first-order valence-electron chi connectivity index (χ1n) is 10.1. The molecule has 0 radical (unpaired) electrons. The summed E-state index contributed by atoms with van der Waals surface area (Å²) in [4.78, 5) is 11.7. The maximum atomic E-state index is 6.00. The molecule has 3 aromatic carbocycles. The van der Waals surface area contributed by atoms with Gasteiger partial charge in [0.05, 0.1) is 30.1 Å². The molecule has 1 saturated heterocycles. The van der Waals surface area contributed by atoms with Crippen molar-refractivity contribution in [2.75, 3.05) is 42.3 Å². The number of aromatic nitrogens is 2. The summed E-state index contributed by atoms with van der Waals surface area (Å²) in [7, 11) is 0. The van der Waals surface area contributed by atoms with Crippen molar-refractivity contribution in [3.05, 3.63) is 72.9 Å². The van der Waals surface area contributed by atoms with E-state index in [2.05, 4.69) is 39.5 Å². The van der Waals surface area contributed by atoms with E-state index < -0.39 is 0 Å². The first-order chi connectivity index (χ1) is 14.8. The number of rotatable bonds is 4. The Balaban J connectivity index is 1.53. The molecular formula is C24H23N5O. The Kier molecular flexibility index (Phi) is 4.91. The van der Waals surface area contributed by atoms with Crippen LogP contribution in [0.15, 0.2) is 72.9 Å². The third-order valence-electron chi connectivity index (χ3n) is 5.31. The maximum absolute atomic E-state index is 6.00. The van der Waals surface area contributed by atoms with Crippen LogP contribution in [0.25, 0.3) is 22.0 Å². The standard InChI is InChI=1S/C24H23N5O/c25-19-7-3-5-17(15-19)20-8-4-6-18-16-26-24(28-23(18)20)27-21-9-1-2-10-22(21)29-11-13-30-14-12-29/h1-10,15-16H,11-14,25H2,(H,26,27,28). The highest BCUT2D eigenvalue weighted by atomic mass is 16.5. The Morgan fingerprint density at radius 3 is 2.63 bits per heavy atom. The topological polar surface area (TPSA) is 76.3 Å². The highest BCUT2D eigenvalue weighted by molar-refractivity contribution is 5.94. The molecule has 1 aliphatic rings. The minimum atomic E-state index is 0.569. The van der Waals surface area contributed by atoms with Gasteiger partial charge in [-0.3, -0.25) is 0 Å². The molecule has 150 valence electrons. The average Bonchev–Trinajstić information content (AvgIpc) is 2.80. The summed E-state index contributed by atoms with van der Waals surface area (Å²) in [5.41, 5.74) is 11.8. The lowest BCUT2D eigenvalue weighted by Crippen LogP contribution is -2.36. The summed E-state index contributed by atoms with van der Waals surface area (Å²) in [6, 6.07) is 22.2. The highest BCUT2D eigenvalue weighted by Gasteiger charge is 2.15. The Bertz CT molecular complexity index is 1190. The van der Waals surface area contributed by atoms with Crippen molar-refractivity contribution in [2.24, 2.45) is 0 Å². The Hall–Kier alpha value is -3.64. The van der Waals surface area contributed by atoms with E-state index >= 15 is 0 Å². The molecule has 0 spiro atoms. The second kappa shape index (κ2) is 8.00. The van der Waals surface area contributed by atoms with Crippen LogP contribution >= 0.6 is 0 Å². The van der Waals surface area contributed by atoms with Gasteiger partial charge in [-0.25, -0.2) is 9.97 Å². The third-order valence-corrected chi connectivity index (χ3v) is 5.31. The zero-order chi connectivity index (χ0) is 20.3. The van der Waals surface area contributed by atoms with Crippen LogP contribution in [-0.4, -0.2) is 36.3 Å². The molecule has 0 atom stereocenters. The molecule has 0 amide bonds. The molecule has 30 heavy (non-hydrogen) atoms. The normalized spacial score (nSPS) is 14.1. The van der Waals surface area contributed by atoms with Crippen molar-refractivity contribution >= 4 is 33.9 Å². The molecule has 1 aliphatic heterocycles. The number of fused-ring (bicyclic) bond motifs is 1. The van der Waals surface area contributed by atoms with Gasteiger partial charge < -0.3 is 20.7 Å². The lowest BCUT2D eigenvalue weighted by Gasteiger charge is -2.30. The smallest absolute Gasteiger partial charge is 0.227 e. The minimum Gasteiger partial charge on any atom is -0.399 e. The molecule has 2 heterocycles. The summed E-state index contributed by atoms with van der Waals surface area (Å²) in [6.45, 7) is 3.22. The van der Waals surface area contributed by atoms with E-state index in [0.717, 1.165) is 65.4 Å². The molecule has 1 aromatic heterocycles. The van der Waals surface area contributed by atoms with Crippen molar-refractivity contribution in [1.82, 2.24) is 9.97 Å². The number of nitrogens with zero attached hydrogens (tertiary/aromatic N) is 3. The molecule has 6 heteroatoms. The molecule has 1 fully saturated rings. The van der Waals surface area contributed by atoms with Crippen LogP contribution in [0.5, 0.6) is 0 Å². The fraction of sp³-hybridized carbons (Fsp3) is 0.167. The van der Waals surface area contributed by atoms with Gasteiger partial charge in [-0.15, -0.1) is 0 Å². The number of hydrogen-bond acceptors (Lipinski definition) is 6. The van der Waals surface area contributed by atoms with E-state index in [4.69, 9.17) is 15.5 Å². The van der Waals surface area contributed by atoms with Gasteiger partial charge in [-0.05, 0) is 29.8 Å². The molecule has 0 bridgehead atoms. The van der Waals surface area contributed by atoms with Gasteiger partial charge in [-0.1, -0.05) is 42.5 Å². The molecule has 0 unspecified atom stereocenters. The molecule has 6 nitrogen and oxygen atoms in total. The van der Waals surface area contributed by atoms with Crippen LogP contribution in [0.1, 0.15) is 0 Å². The molecule has 4 aromatic rings. The van der Waals surface area contributed by atoms with Crippen molar-refractivity contribution in [3.8, 4) is 11.1 Å². The monoisotopic (exact) mass is 397 g/mol. The lowest BCUT2D eigenvalue weighted by atomic mass is 10.0. The van der Waals surface area contributed by atoms with E-state index in [1.54, 1.807) is 0 Å². The number of nitrogen functional groups attached to an aromatic ring is 1. The van der Waals surface area contributed by atoms with Crippen LogP contribution in [0.4, 0.5) is 23.0 Å². The first kappa shape index (κ1) is 18.4. The number of para-hydroxylation sites is 3. The van der Waals surface area contributed by atoms with Crippen LogP contribution in [0, 0.1) is 0 Å². The van der Waals surface area contributed by atoms with Crippen LogP contribution in [0.2, 0.25) is 0 Å². The number of nitrogens with two attached hydrogens (primary N) is 1. The van der Waals surface area contributed by atoms with Gasteiger partial charge in [-0.2, -0.15) is 0 Å². The summed E-state index contributed by atoms with van der Waals surface area (Å²) >= 11 is 0. The fourth-order valence-electron chi connectivity index (χ4n) is 3.83. The van der Waals surface area contributed by atoms with Crippen molar-refractivity contribution < 1.29 is 4.74 Å². The van der Waals surface area contributed by atoms with Crippen molar-refractivity contribution in [3.63, 3.8) is 0 Å². The van der Waals surface area contributed by atoms with E-state index in [9.17, 15) is 0 Å². The first-order valence-corrected chi connectivity index (χ1v) is 10.1. The summed E-state index contributed by atoms with van der Waals surface area (Å²) in [6.07, 6.45) is 1.86. The van der Waals surface area contributed by atoms with E-state index in [1.165, 1.54) is 0 Å². The zero-order valence-corrected chi connectivity index (χ0v) is 16.6. The summed E-state index contributed by atoms with van der Waals surface area (Å²) in [5, 5.41) is 4.41. The fourth-order valence-corrected chi connectivity index (χ4v) is 3.83. The lowest BCUT2D eigenvalue weighted by molar-refractivity contribution is 0.123. The SMILES string of the molecule is Nc1cccc(-c2cccc3cnc(Nc4ccccc4N4CCOCC4)nc23)c1. The maximum Gasteiger partial charge on any atom is 0.227 e. The Morgan fingerprint density at radius 1 is 0.933 bits per heavy atom. The predicted molar refractivity (Wildman–Crippen MR) is 122 cm³/mol. The van der Waals surface area contributed by atoms with Crippen LogP contribution < -0.4 is 16.0 Å². The largest absolute Gasteiger partial charge is 0.399 e. The van der Waals surface area contributed by atoms with Gasteiger partial charge in [0.25, 0.3) is 0 Å². The highest BCUT2D eigenvalue weighted by Crippen LogP contribution is 2.31. The number of nitrogens with one attached hydrogen (secondary N) is 1. The average molecular weight is 397 g/mol. The zero-order valence-electron chi connectivity index (χ0n) is 16.6. The van der Waals surface area contributed by atoms with Crippen molar-refractivity contribution in [1.29, 1.82) is 0 Å². The van der Waals surface area contributed by atoms with E-state index in [1.807, 2.05) is 48.7 Å². The summed E-state index contributed by atoms with van der Waals surface area (Å²) in [5.74, 6) is 0.569. The van der Waals surface area contributed by atoms with Gasteiger partial charge in [0, 0.05) is 35.9 Å². The number of ether oxygens (including phenoxy) is 1. The van der Waals surface area contributed by atoms with Crippen molar-refractivity contribution in [2.45, 2.75) is 0 Å². The van der Waals surface area contributed by atoms with E-state index in [0.29, 0.717) is 5.95 Å². The minimum absolute atomic E-state index is 0.569. The summed E-state index contributed by atoms with van der Waals surface area (Å²) < 4.78 is 5.50. The van der Waals surface area contributed by atoms with Crippen LogP contribution in [0.3, 0.4) is 0 Å². The van der Waals surface area contributed by atoms with Gasteiger partial charge in [0.1, 0.15) is 0 Å². The number of morpholine rings is 1. The van der Waals surface area contributed by atoms with Gasteiger partial charge in [0.15, 0.2) is 0 Å². The molecule has 5 rings (SSSR count).